The van der Waals surface area contributed by atoms with Gasteiger partial charge in [-0.15, -0.1) is 0 Å². The number of guanidine groups is 2. The number of benzene rings is 2. The summed E-state index contributed by atoms with van der Waals surface area (Å²) >= 11 is 1.73. The summed E-state index contributed by atoms with van der Waals surface area (Å²) in [6.45, 7) is -3.06. The molecule has 10 rings (SSSR count). The maximum Gasteiger partial charge on any atom is 0.246 e. The van der Waals surface area contributed by atoms with Crippen molar-refractivity contribution in [1.29, 1.82) is 0 Å². The van der Waals surface area contributed by atoms with Crippen LogP contribution in [-0.4, -0.2) is 323 Å². The first kappa shape index (κ1) is 73.0. The lowest BCUT2D eigenvalue weighted by Gasteiger charge is -2.52. The molecular weight excluding hydrogens is 1310 g/mol. The van der Waals surface area contributed by atoms with Gasteiger partial charge in [0.1, 0.15) is 121 Å². The first-order chi connectivity index (χ1) is 46.3. The van der Waals surface area contributed by atoms with Gasteiger partial charge in [-0.05, 0) is 34.8 Å². The maximum absolute atomic E-state index is 15.2. The van der Waals surface area contributed by atoms with Crippen molar-refractivity contribution in [3.63, 3.8) is 0 Å². The fourth-order valence-electron chi connectivity index (χ4n) is 12.8. The first-order valence-corrected chi connectivity index (χ1v) is 32.7. The van der Waals surface area contributed by atoms with Crippen molar-refractivity contribution in [2.45, 2.75) is 184 Å². The van der Waals surface area contributed by atoms with Crippen molar-refractivity contribution in [3.8, 4) is 5.75 Å². The number of amides is 6. The molecule has 6 saturated heterocycles. The summed E-state index contributed by atoms with van der Waals surface area (Å²) in [6.07, 6.45) is -28.2. The zero-order valence-electron chi connectivity index (χ0n) is 52.2. The number of rotatable bonds is 16. The molecule has 8 aliphatic rings. The Labute approximate surface area is 557 Å². The Morgan fingerprint density at radius 1 is 0.649 bits per heavy atom. The minimum atomic E-state index is -2.34. The molecule has 0 aliphatic carbocycles. The maximum atomic E-state index is 15.2. The predicted octanol–water partition coefficient (Wildman–Crippen LogP) is -11.3. The summed E-state index contributed by atoms with van der Waals surface area (Å²) in [5.74, 6) is -8.28. The summed E-state index contributed by atoms with van der Waals surface area (Å²) in [5, 5.41) is 150. The highest BCUT2D eigenvalue weighted by Crippen LogP contribution is 2.41. The van der Waals surface area contributed by atoms with Crippen LogP contribution >= 0.6 is 11.8 Å². The highest BCUT2D eigenvalue weighted by molar-refractivity contribution is 7.99. The lowest BCUT2D eigenvalue weighted by Crippen LogP contribution is -2.70. The number of carbonyl (C=O) groups is 6. The van der Waals surface area contributed by atoms with E-state index in [-0.39, 0.29) is 30.4 Å². The van der Waals surface area contributed by atoms with Gasteiger partial charge >= 0.3 is 0 Å². The Balaban J connectivity index is 0.914. The highest BCUT2D eigenvalue weighted by Gasteiger charge is 2.57. The molecule has 37 nitrogen and oxygen atoms in total. The molecule has 2 aromatic carbocycles. The molecular formula is C59H84N12O25S. The number of aliphatic imine (C=N–C) groups is 2. The lowest BCUT2D eigenvalue weighted by atomic mass is 9.92. The van der Waals surface area contributed by atoms with Crippen LogP contribution < -0.4 is 53.4 Å². The minimum absolute atomic E-state index is 0.0150. The average molecular weight is 1390 g/mol. The molecule has 0 aromatic heterocycles. The molecule has 38 heteroatoms. The third kappa shape index (κ3) is 16.1. The van der Waals surface area contributed by atoms with Crippen molar-refractivity contribution < 1.29 is 123 Å². The molecule has 23 N–H and O–H groups in total. The van der Waals surface area contributed by atoms with E-state index in [1.54, 1.807) is 49.0 Å². The van der Waals surface area contributed by atoms with Crippen molar-refractivity contribution in [2.24, 2.45) is 21.5 Å². The van der Waals surface area contributed by atoms with Gasteiger partial charge in [0.25, 0.3) is 0 Å². The minimum Gasteiger partial charge on any atom is -0.462 e. The second-order valence-corrected chi connectivity index (χ2v) is 26.0. The number of aliphatic hydroxyl groups is 12. The third-order valence-corrected chi connectivity index (χ3v) is 19.4. The van der Waals surface area contributed by atoms with Gasteiger partial charge in [-0.2, -0.15) is 11.8 Å². The normalized spacial score (nSPS) is 38.0. The van der Waals surface area contributed by atoms with Crippen molar-refractivity contribution in [3.05, 3.63) is 65.7 Å². The van der Waals surface area contributed by atoms with Gasteiger partial charge in [-0.3, -0.25) is 38.8 Å². The van der Waals surface area contributed by atoms with Crippen molar-refractivity contribution in [2.75, 3.05) is 57.6 Å². The Hall–Kier alpha value is -6.77. The number of aliphatic hydroxyl groups excluding tert-OH is 12. The Morgan fingerprint density at radius 3 is 1.97 bits per heavy atom. The van der Waals surface area contributed by atoms with E-state index in [0.717, 1.165) is 16.4 Å². The zero-order chi connectivity index (χ0) is 69.7. The van der Waals surface area contributed by atoms with Crippen LogP contribution in [0.2, 0.25) is 0 Å². The molecule has 25 unspecified atom stereocenters. The summed E-state index contributed by atoms with van der Waals surface area (Å²) < 4.78 is 41.7. The average Bonchev–Trinajstić information content (AvgIpc) is 1.76. The van der Waals surface area contributed by atoms with Gasteiger partial charge in [0.05, 0.1) is 58.1 Å². The van der Waals surface area contributed by atoms with Crippen LogP contribution in [0.1, 0.15) is 36.8 Å². The van der Waals surface area contributed by atoms with Crippen LogP contribution in [0.4, 0.5) is 0 Å². The number of fused-ring (bicyclic) bond motifs is 1. The van der Waals surface area contributed by atoms with Crippen LogP contribution in [0, 0.1) is 0 Å². The number of hydrogen-bond donors (Lipinski definition) is 21. The first-order valence-electron chi connectivity index (χ1n) is 31.5. The van der Waals surface area contributed by atoms with Crippen LogP contribution in [0.25, 0.3) is 0 Å². The third-order valence-electron chi connectivity index (χ3n) is 18.4. The molecule has 0 bridgehead atoms. The predicted molar refractivity (Wildman–Crippen MR) is 330 cm³/mol. The summed E-state index contributed by atoms with van der Waals surface area (Å²) in [7, 11) is 0. The van der Waals surface area contributed by atoms with Gasteiger partial charge < -0.3 is 148 Å². The number of hydrogen-bond acceptors (Lipinski definition) is 32. The molecule has 2 aromatic rings. The number of nitrogens with two attached hydrogens (primary N) is 2. The van der Waals surface area contributed by atoms with Crippen molar-refractivity contribution in [1.82, 2.24) is 42.1 Å². The zero-order valence-corrected chi connectivity index (χ0v) is 53.0. The molecule has 536 valence electrons. The van der Waals surface area contributed by atoms with E-state index < -0.39 is 239 Å². The molecule has 0 radical (unpaired) electrons. The van der Waals surface area contributed by atoms with E-state index in [9.17, 15) is 80.5 Å². The molecule has 8 heterocycles. The quantitative estimate of drug-likeness (QED) is 0.0742. The van der Waals surface area contributed by atoms with E-state index in [1.165, 1.54) is 24.3 Å². The molecule has 1 spiro atoms. The van der Waals surface area contributed by atoms with E-state index >= 15 is 9.59 Å². The molecule has 6 fully saturated rings. The molecule has 6 amide bonds. The number of thioether (sulfide) groups is 1. The Kier molecular flexibility index (Phi) is 23.8. The van der Waals surface area contributed by atoms with Crippen LogP contribution in [0.5, 0.6) is 5.75 Å². The molecule has 25 atom stereocenters. The van der Waals surface area contributed by atoms with Crippen molar-refractivity contribution >= 4 is 59.1 Å². The summed E-state index contributed by atoms with van der Waals surface area (Å²) in [4.78, 5) is 96.5. The van der Waals surface area contributed by atoms with Crippen LogP contribution in [0.15, 0.2) is 64.6 Å². The second-order valence-electron chi connectivity index (χ2n) is 24.8. The summed E-state index contributed by atoms with van der Waals surface area (Å²) in [6, 6.07) is 1.09. The van der Waals surface area contributed by atoms with Gasteiger partial charge in [0.15, 0.2) is 30.2 Å². The van der Waals surface area contributed by atoms with Crippen LogP contribution in [0.3, 0.4) is 0 Å². The van der Waals surface area contributed by atoms with Crippen LogP contribution in [-0.2, 0) is 63.6 Å². The van der Waals surface area contributed by atoms with E-state index in [4.69, 9.17) is 44.6 Å². The Bertz CT molecular complexity index is 3140. The fraction of sp³-hybridized carbons (Fsp3) is 0.661. The topological polar surface area (TPSA) is 574 Å². The number of carbonyl (C=O) groups excluding carboxylic acids is 6. The van der Waals surface area contributed by atoms with E-state index in [2.05, 4.69) is 47.2 Å². The SMILES string of the molecule is CC(c1ccccc1)C1NC(=O)CNC(=O)C(CO)NC(=O)C(C(O)C2CN=C(N)N2C2OC(CO)C(O)C(O)C2O)NC(=O)C(C(O)C2CN=C(N)N2)NC(=O)C(Cc2ccc(OC3OC(CO)C(OC4OC5COC6(CCSCC6)OC5C(O)C4O)C(O)C3O)cc2)NC1=O. The van der Waals surface area contributed by atoms with Gasteiger partial charge in [0.2, 0.25) is 41.7 Å². The van der Waals surface area contributed by atoms with E-state index in [1.807, 2.05) is 0 Å². The fourth-order valence-corrected chi connectivity index (χ4v) is 13.9. The number of ether oxygens (including phenoxy) is 7. The second kappa shape index (κ2) is 31.6. The molecule has 0 saturated carbocycles. The van der Waals surface area contributed by atoms with E-state index in [0.29, 0.717) is 18.4 Å². The summed E-state index contributed by atoms with van der Waals surface area (Å²) in [5.41, 5.74) is 12.9. The van der Waals surface area contributed by atoms with Gasteiger partial charge in [-0.25, -0.2) is 0 Å². The number of nitrogens with one attached hydrogen (secondary N) is 7. The van der Waals surface area contributed by atoms with Gasteiger partial charge in [-0.1, -0.05) is 49.4 Å². The lowest BCUT2D eigenvalue weighted by molar-refractivity contribution is -0.404. The van der Waals surface area contributed by atoms with Gasteiger partial charge in [0, 0.05) is 25.2 Å². The standard InChI is InChI=1S/C59H84N12O25S/c1-23(25-5-3-2-4-6-25)35-51(87)65-27(15-24-7-9-26(10-8-24)91-55-45(83)42(80)47(32(21-74)93-55)95-56-46(84)43(81)48-33(94-56)22-90-59(96-48)11-13-97-14-12-59)50(86)69-36(38(76)28-16-63-57(60)67-28)53(89)70-37(52(88)66-29(19-72)49(85)62-18-34(75)68-35)39(77)30-17-64-58(61)71(30)54-44(82)41(79)40(78)31(20-73)92-54/h2-10,23,27-33,35-48,54-56,72-74,76-84H,11-22H2,1H3,(H2,61,64)(H,62,85)(H,65,87)(H,66,88)(H,68,75)(H,69,86)(H,70,89)(H3,60,63,67). The molecule has 97 heavy (non-hydrogen) atoms. The number of nitrogens with zero attached hydrogens (tertiary/aromatic N) is 3. The molecule has 8 aliphatic heterocycles. The Morgan fingerprint density at radius 2 is 1.30 bits per heavy atom. The smallest absolute Gasteiger partial charge is 0.246 e. The monoisotopic (exact) mass is 1390 g/mol. The largest absolute Gasteiger partial charge is 0.462 e. The highest BCUT2D eigenvalue weighted by atomic mass is 32.2.